The fraction of sp³-hybridized carbons (Fsp3) is 0.300. The molecule has 1 saturated heterocycles. The summed E-state index contributed by atoms with van der Waals surface area (Å²) in [5.74, 6) is -0.238. The molecule has 1 aromatic heterocycles. The molecule has 0 aliphatic carbocycles. The molecule has 0 amide bonds. The van der Waals surface area contributed by atoms with Crippen molar-refractivity contribution < 1.29 is 18.3 Å². The SMILES string of the molecule is CC(NCc1cc(C2OCCO2)ccc1F)c1coc2ccccc12. The minimum absolute atomic E-state index is 0.0330. The molecule has 4 rings (SSSR count). The smallest absolute Gasteiger partial charge is 0.184 e. The van der Waals surface area contributed by atoms with Crippen LogP contribution >= 0.6 is 0 Å². The molecule has 5 heteroatoms. The third-order valence-electron chi connectivity index (χ3n) is 4.54. The van der Waals surface area contributed by atoms with Crippen molar-refractivity contribution in [3.05, 3.63) is 71.2 Å². The van der Waals surface area contributed by atoms with E-state index in [1.807, 2.05) is 31.2 Å². The highest BCUT2D eigenvalue weighted by atomic mass is 19.1. The molecule has 1 atom stereocenters. The first-order chi connectivity index (χ1) is 12.2. The lowest BCUT2D eigenvalue weighted by molar-refractivity contribution is -0.0442. The molecule has 2 aromatic carbocycles. The van der Waals surface area contributed by atoms with Crippen LogP contribution in [0.3, 0.4) is 0 Å². The van der Waals surface area contributed by atoms with E-state index in [2.05, 4.69) is 5.32 Å². The fourth-order valence-corrected chi connectivity index (χ4v) is 3.13. The predicted molar refractivity (Wildman–Crippen MR) is 92.5 cm³/mol. The number of furan rings is 1. The lowest BCUT2D eigenvalue weighted by Gasteiger charge is -2.15. The first-order valence-corrected chi connectivity index (χ1v) is 8.43. The molecule has 25 heavy (non-hydrogen) atoms. The Hall–Kier alpha value is -2.21. The lowest BCUT2D eigenvalue weighted by atomic mass is 10.1. The average Bonchev–Trinajstić information content (AvgIpc) is 3.30. The zero-order chi connectivity index (χ0) is 17.2. The van der Waals surface area contributed by atoms with Gasteiger partial charge in [-0.1, -0.05) is 24.3 Å². The van der Waals surface area contributed by atoms with Crippen LogP contribution in [0.2, 0.25) is 0 Å². The van der Waals surface area contributed by atoms with Crippen LogP contribution in [0.1, 0.15) is 35.9 Å². The molecule has 0 radical (unpaired) electrons. The van der Waals surface area contributed by atoms with Crippen LogP contribution in [-0.4, -0.2) is 13.2 Å². The number of fused-ring (bicyclic) bond motifs is 1. The van der Waals surface area contributed by atoms with Gasteiger partial charge in [-0.05, 0) is 25.1 Å². The maximum Gasteiger partial charge on any atom is 0.184 e. The molecule has 3 aromatic rings. The van der Waals surface area contributed by atoms with Crippen LogP contribution in [0.4, 0.5) is 4.39 Å². The largest absolute Gasteiger partial charge is 0.464 e. The monoisotopic (exact) mass is 341 g/mol. The van der Waals surface area contributed by atoms with Gasteiger partial charge >= 0.3 is 0 Å². The highest BCUT2D eigenvalue weighted by Gasteiger charge is 2.20. The summed E-state index contributed by atoms with van der Waals surface area (Å²) in [7, 11) is 0. The minimum atomic E-state index is -0.394. The maximum atomic E-state index is 14.2. The van der Waals surface area contributed by atoms with Gasteiger partial charge in [-0.2, -0.15) is 0 Å². The number of halogens is 1. The van der Waals surface area contributed by atoms with E-state index in [4.69, 9.17) is 13.9 Å². The molecule has 1 unspecified atom stereocenters. The number of ether oxygens (including phenoxy) is 2. The molecule has 1 fully saturated rings. The second kappa shape index (κ2) is 6.96. The Labute approximate surface area is 145 Å². The third-order valence-corrected chi connectivity index (χ3v) is 4.54. The summed E-state index contributed by atoms with van der Waals surface area (Å²) >= 11 is 0. The summed E-state index contributed by atoms with van der Waals surface area (Å²) < 4.78 is 30.7. The molecular weight excluding hydrogens is 321 g/mol. The Balaban J connectivity index is 1.49. The number of rotatable bonds is 5. The van der Waals surface area contributed by atoms with Crippen LogP contribution in [-0.2, 0) is 16.0 Å². The number of para-hydroxylation sites is 1. The summed E-state index contributed by atoms with van der Waals surface area (Å²) in [5.41, 5.74) is 3.36. The van der Waals surface area contributed by atoms with E-state index in [0.717, 1.165) is 22.1 Å². The number of hydrogen-bond donors (Lipinski definition) is 1. The zero-order valence-corrected chi connectivity index (χ0v) is 14.0. The van der Waals surface area contributed by atoms with Crippen molar-refractivity contribution in [2.24, 2.45) is 0 Å². The van der Waals surface area contributed by atoms with Crippen LogP contribution < -0.4 is 5.32 Å². The van der Waals surface area contributed by atoms with Crippen molar-refractivity contribution >= 4 is 11.0 Å². The van der Waals surface area contributed by atoms with E-state index in [0.29, 0.717) is 25.3 Å². The molecule has 1 aliphatic rings. The van der Waals surface area contributed by atoms with Crippen LogP contribution in [0, 0.1) is 5.82 Å². The van der Waals surface area contributed by atoms with Crippen LogP contribution in [0.5, 0.6) is 0 Å². The molecule has 130 valence electrons. The number of hydrogen-bond acceptors (Lipinski definition) is 4. The molecule has 0 saturated carbocycles. The first kappa shape index (κ1) is 16.3. The van der Waals surface area contributed by atoms with E-state index in [-0.39, 0.29) is 11.9 Å². The van der Waals surface area contributed by atoms with Crippen molar-refractivity contribution in [2.75, 3.05) is 13.2 Å². The second-order valence-corrected chi connectivity index (χ2v) is 6.21. The Bertz CT molecular complexity index is 870. The molecule has 1 N–H and O–H groups in total. The third kappa shape index (κ3) is 3.31. The van der Waals surface area contributed by atoms with Gasteiger partial charge in [0.15, 0.2) is 6.29 Å². The van der Waals surface area contributed by atoms with Crippen molar-refractivity contribution in [3.63, 3.8) is 0 Å². The molecule has 2 heterocycles. The van der Waals surface area contributed by atoms with Gasteiger partial charge in [0, 0.05) is 34.7 Å². The number of nitrogens with one attached hydrogen (secondary N) is 1. The number of benzene rings is 2. The van der Waals surface area contributed by atoms with E-state index in [9.17, 15) is 4.39 Å². The average molecular weight is 341 g/mol. The fourth-order valence-electron chi connectivity index (χ4n) is 3.13. The first-order valence-electron chi connectivity index (χ1n) is 8.43. The van der Waals surface area contributed by atoms with Crippen molar-refractivity contribution in [2.45, 2.75) is 25.8 Å². The summed E-state index contributed by atoms with van der Waals surface area (Å²) in [4.78, 5) is 0. The van der Waals surface area contributed by atoms with E-state index < -0.39 is 6.29 Å². The van der Waals surface area contributed by atoms with Crippen LogP contribution in [0.15, 0.2) is 53.1 Å². The maximum absolute atomic E-state index is 14.2. The quantitative estimate of drug-likeness (QED) is 0.744. The van der Waals surface area contributed by atoms with Gasteiger partial charge in [-0.3, -0.25) is 0 Å². The van der Waals surface area contributed by atoms with Gasteiger partial charge in [0.05, 0.1) is 19.5 Å². The molecule has 1 aliphatic heterocycles. The van der Waals surface area contributed by atoms with E-state index in [1.165, 1.54) is 6.07 Å². The van der Waals surface area contributed by atoms with Gasteiger partial charge < -0.3 is 19.2 Å². The topological polar surface area (TPSA) is 43.6 Å². The predicted octanol–water partition coefficient (Wildman–Crippen LogP) is 4.47. The molecular formula is C20H20FNO3. The van der Waals surface area contributed by atoms with Gasteiger partial charge in [0.25, 0.3) is 0 Å². The lowest BCUT2D eigenvalue weighted by Crippen LogP contribution is -2.19. The van der Waals surface area contributed by atoms with Crippen molar-refractivity contribution in [3.8, 4) is 0 Å². The van der Waals surface area contributed by atoms with Gasteiger partial charge in [0.1, 0.15) is 11.4 Å². The van der Waals surface area contributed by atoms with Gasteiger partial charge in [-0.15, -0.1) is 0 Å². The Morgan fingerprint density at radius 2 is 1.96 bits per heavy atom. The Kier molecular flexibility index (Phi) is 4.53. The summed E-state index contributed by atoms with van der Waals surface area (Å²) in [6.07, 6.45) is 1.37. The van der Waals surface area contributed by atoms with Gasteiger partial charge in [-0.25, -0.2) is 4.39 Å². The Morgan fingerprint density at radius 1 is 1.16 bits per heavy atom. The highest BCUT2D eigenvalue weighted by molar-refractivity contribution is 5.81. The van der Waals surface area contributed by atoms with E-state index in [1.54, 1.807) is 18.4 Å². The molecule has 0 spiro atoms. The van der Waals surface area contributed by atoms with Crippen molar-refractivity contribution in [1.29, 1.82) is 0 Å². The van der Waals surface area contributed by atoms with E-state index >= 15 is 0 Å². The molecule has 4 nitrogen and oxygen atoms in total. The summed E-state index contributed by atoms with van der Waals surface area (Å²) in [5, 5.41) is 4.44. The zero-order valence-electron chi connectivity index (χ0n) is 14.0. The highest BCUT2D eigenvalue weighted by Crippen LogP contribution is 2.27. The standard InChI is InChI=1S/C20H20FNO3/c1-13(17-12-25-19-5-3-2-4-16(17)19)22-11-15-10-14(6-7-18(15)21)20-23-8-9-24-20/h2-7,10,12-13,20,22H,8-9,11H2,1H3. The van der Waals surface area contributed by atoms with Crippen LogP contribution in [0.25, 0.3) is 11.0 Å². The minimum Gasteiger partial charge on any atom is -0.464 e. The Morgan fingerprint density at radius 3 is 2.80 bits per heavy atom. The second-order valence-electron chi connectivity index (χ2n) is 6.21. The summed E-state index contributed by atoms with van der Waals surface area (Å²) in [6, 6.07) is 12.9. The molecule has 0 bridgehead atoms. The normalized spacial score (nSPS) is 16.6. The van der Waals surface area contributed by atoms with Gasteiger partial charge in [0.2, 0.25) is 0 Å². The van der Waals surface area contributed by atoms with Crippen molar-refractivity contribution in [1.82, 2.24) is 5.32 Å². The summed E-state index contributed by atoms with van der Waals surface area (Å²) in [6.45, 7) is 3.59.